The Balaban J connectivity index is 2.58. The molecule has 0 saturated heterocycles. The van der Waals surface area contributed by atoms with Gasteiger partial charge in [0.1, 0.15) is 0 Å². The maximum atomic E-state index is 12.9. The van der Waals surface area contributed by atoms with Crippen LogP contribution in [-0.2, 0) is 34.4 Å². The van der Waals surface area contributed by atoms with Gasteiger partial charge in [0.15, 0.2) is 0 Å². The van der Waals surface area contributed by atoms with Crippen LogP contribution in [0.2, 0.25) is 0 Å². The molecule has 10 heteroatoms. The van der Waals surface area contributed by atoms with Gasteiger partial charge in [-0.3, -0.25) is 0 Å². The Bertz CT molecular complexity index is 488. The van der Waals surface area contributed by atoms with E-state index >= 15 is 0 Å². The lowest BCUT2D eigenvalue weighted by Crippen LogP contribution is -2.39. The summed E-state index contributed by atoms with van der Waals surface area (Å²) in [6.07, 6.45) is -4.44. The Kier molecular flexibility index (Phi) is 12.3. The zero-order chi connectivity index (χ0) is 20.0. The van der Waals surface area contributed by atoms with Gasteiger partial charge in [-0.2, -0.15) is 13.2 Å². The molecule has 6 nitrogen and oxygen atoms in total. The molecule has 0 amide bonds. The molecule has 154 valence electrons. The molecular weight excluding hydrogens is 368 g/mol. The van der Waals surface area contributed by atoms with Crippen molar-refractivity contribution in [3.63, 3.8) is 0 Å². The van der Waals surface area contributed by atoms with E-state index in [0.29, 0.717) is 26.4 Å². The van der Waals surface area contributed by atoms with E-state index in [1.165, 1.54) is 12.1 Å². The average Bonchev–Trinajstić information content (AvgIpc) is 2.65. The van der Waals surface area contributed by atoms with Crippen LogP contribution in [0.25, 0.3) is 0 Å². The van der Waals surface area contributed by atoms with Crippen LogP contribution in [0.5, 0.6) is 0 Å². The molecule has 0 radical (unpaired) electrons. The molecule has 0 heterocycles. The van der Waals surface area contributed by atoms with E-state index < -0.39 is 18.9 Å². The third kappa shape index (κ3) is 10.7. The van der Waals surface area contributed by atoms with Crippen molar-refractivity contribution in [1.82, 2.24) is 0 Å². The maximum absolute atomic E-state index is 12.9. The first-order valence-corrected chi connectivity index (χ1v) is 8.52. The molecule has 0 unspecified atom stereocenters. The maximum Gasteiger partial charge on any atom is 0.494 e. The van der Waals surface area contributed by atoms with Gasteiger partial charge in [0.2, 0.25) is 0 Å². The second-order valence-electron chi connectivity index (χ2n) is 5.41. The molecule has 1 rings (SSSR count). The summed E-state index contributed by atoms with van der Waals surface area (Å²) in [5.74, 6) is 0. The largest absolute Gasteiger partial charge is 0.494 e. The molecule has 0 aliphatic heterocycles. The zero-order valence-corrected chi connectivity index (χ0v) is 15.6. The van der Waals surface area contributed by atoms with Crippen LogP contribution in [0.1, 0.15) is 5.56 Å². The first-order valence-electron chi connectivity index (χ1n) is 8.52. The molecule has 0 N–H and O–H groups in total. The van der Waals surface area contributed by atoms with E-state index in [4.69, 9.17) is 28.3 Å². The van der Waals surface area contributed by atoms with Gasteiger partial charge >= 0.3 is 13.3 Å². The molecule has 0 atom stereocenters. The molecule has 1 aromatic rings. The highest BCUT2D eigenvalue weighted by molar-refractivity contribution is 6.61. The molecule has 0 aliphatic carbocycles. The van der Waals surface area contributed by atoms with Crippen molar-refractivity contribution in [3.05, 3.63) is 29.8 Å². The molecule has 0 aliphatic rings. The highest BCUT2D eigenvalue weighted by Crippen LogP contribution is 2.28. The Hall–Kier alpha value is -1.17. The van der Waals surface area contributed by atoms with Gasteiger partial charge in [-0.05, 0) is 5.46 Å². The van der Waals surface area contributed by atoms with Gasteiger partial charge in [-0.25, -0.2) is 0 Å². The lowest BCUT2D eigenvalue weighted by atomic mass is 9.78. The fourth-order valence-corrected chi connectivity index (χ4v) is 2.02. The number of hydrogen-bond acceptors (Lipinski definition) is 6. The minimum absolute atomic E-state index is 0.162. The van der Waals surface area contributed by atoms with Gasteiger partial charge in [-0.15, -0.1) is 0 Å². The fraction of sp³-hybridized carbons (Fsp3) is 0.647. The van der Waals surface area contributed by atoms with E-state index in [2.05, 4.69) is 0 Å². The molecule has 27 heavy (non-hydrogen) atoms. The van der Waals surface area contributed by atoms with Gasteiger partial charge in [-0.1, -0.05) is 24.3 Å². The van der Waals surface area contributed by atoms with Crippen molar-refractivity contribution in [2.75, 3.05) is 67.1 Å². The molecule has 0 aromatic heterocycles. The smallest absolute Gasteiger partial charge is 0.405 e. The minimum Gasteiger partial charge on any atom is -0.405 e. The monoisotopic (exact) mass is 394 g/mol. The van der Waals surface area contributed by atoms with E-state index in [1.807, 2.05) is 0 Å². The molecule has 0 bridgehead atoms. The number of hydrogen-bond donors (Lipinski definition) is 0. The second-order valence-corrected chi connectivity index (χ2v) is 5.41. The minimum atomic E-state index is -4.44. The summed E-state index contributed by atoms with van der Waals surface area (Å²) in [6.45, 7) is 2.58. The van der Waals surface area contributed by atoms with Crippen LogP contribution in [-0.4, -0.2) is 74.2 Å². The Morgan fingerprint density at radius 3 is 1.78 bits per heavy atom. The Morgan fingerprint density at radius 2 is 1.30 bits per heavy atom. The lowest BCUT2D eigenvalue weighted by molar-refractivity contribution is -0.137. The molecular formula is C17H26BF3O6. The van der Waals surface area contributed by atoms with Crippen molar-refractivity contribution in [1.29, 1.82) is 0 Å². The predicted octanol–water partition coefficient (Wildman–Crippen LogP) is 1.76. The third-order valence-electron chi connectivity index (χ3n) is 3.34. The first-order chi connectivity index (χ1) is 13.0. The van der Waals surface area contributed by atoms with Crippen LogP contribution >= 0.6 is 0 Å². The van der Waals surface area contributed by atoms with Gasteiger partial charge in [0.25, 0.3) is 0 Å². The Labute approximate surface area is 158 Å². The predicted molar refractivity (Wildman–Crippen MR) is 94.1 cm³/mol. The van der Waals surface area contributed by atoms with E-state index in [9.17, 15) is 13.2 Å². The number of halogens is 3. The quantitative estimate of drug-likeness (QED) is 0.334. The summed E-state index contributed by atoms with van der Waals surface area (Å²) in [6, 6.07) is 4.87. The van der Waals surface area contributed by atoms with Gasteiger partial charge < -0.3 is 28.3 Å². The van der Waals surface area contributed by atoms with Crippen LogP contribution in [0, 0.1) is 0 Å². The van der Waals surface area contributed by atoms with Gasteiger partial charge in [0.05, 0.1) is 58.4 Å². The summed E-state index contributed by atoms with van der Waals surface area (Å²) in [4.78, 5) is 0. The summed E-state index contributed by atoms with van der Waals surface area (Å²) in [5.41, 5.74) is -0.483. The standard InChI is InChI=1S/C17H26BF3O6/c1-22-6-8-24-10-12-26-18(27-13-11-25-9-7-23-2)16-5-3-4-15(14-16)17(19,20)21/h3-5,14H,6-13H2,1-2H3. The van der Waals surface area contributed by atoms with Gasteiger partial charge in [0, 0.05) is 14.2 Å². The van der Waals surface area contributed by atoms with Crippen LogP contribution < -0.4 is 5.46 Å². The Morgan fingerprint density at radius 1 is 0.778 bits per heavy atom. The van der Waals surface area contributed by atoms with Crippen molar-refractivity contribution in [3.8, 4) is 0 Å². The highest BCUT2D eigenvalue weighted by Gasteiger charge is 2.32. The SMILES string of the molecule is COCCOCCOB(OCCOCCOC)c1cccc(C(F)(F)F)c1. The number of rotatable bonds is 15. The fourth-order valence-electron chi connectivity index (χ4n) is 2.02. The third-order valence-corrected chi connectivity index (χ3v) is 3.34. The molecule has 0 saturated carbocycles. The molecule has 0 spiro atoms. The number of methoxy groups -OCH3 is 2. The second kappa shape index (κ2) is 13.9. The van der Waals surface area contributed by atoms with Crippen molar-refractivity contribution in [2.45, 2.75) is 6.18 Å². The summed E-state index contributed by atoms with van der Waals surface area (Å²) < 4.78 is 70.2. The normalized spacial score (nSPS) is 11.7. The summed E-state index contributed by atoms with van der Waals surface area (Å²) in [5, 5.41) is 0. The van der Waals surface area contributed by atoms with Crippen molar-refractivity contribution in [2.24, 2.45) is 0 Å². The topological polar surface area (TPSA) is 55.4 Å². The van der Waals surface area contributed by atoms with Crippen LogP contribution in [0.4, 0.5) is 13.2 Å². The van der Waals surface area contributed by atoms with Crippen molar-refractivity contribution < 1.29 is 41.4 Å². The van der Waals surface area contributed by atoms with E-state index in [1.54, 1.807) is 14.2 Å². The number of alkyl halides is 3. The first kappa shape index (κ1) is 23.9. The van der Waals surface area contributed by atoms with Crippen LogP contribution in [0.15, 0.2) is 24.3 Å². The average molecular weight is 394 g/mol. The van der Waals surface area contributed by atoms with Crippen molar-refractivity contribution >= 4 is 12.6 Å². The van der Waals surface area contributed by atoms with E-state index in [-0.39, 0.29) is 31.9 Å². The summed E-state index contributed by atoms with van der Waals surface area (Å²) in [7, 11) is 2.17. The van der Waals surface area contributed by atoms with E-state index in [0.717, 1.165) is 12.1 Å². The van der Waals surface area contributed by atoms with Crippen LogP contribution in [0.3, 0.4) is 0 Å². The number of benzene rings is 1. The molecule has 1 aromatic carbocycles. The lowest BCUT2D eigenvalue weighted by Gasteiger charge is -2.17. The highest BCUT2D eigenvalue weighted by atomic mass is 19.4. The molecule has 0 fully saturated rings. The number of ether oxygens (including phenoxy) is 4. The zero-order valence-electron chi connectivity index (χ0n) is 15.6. The summed E-state index contributed by atoms with van der Waals surface area (Å²) >= 11 is 0.